The Hall–Kier alpha value is -0.680. The molecule has 1 fully saturated rings. The van der Waals surface area contributed by atoms with Gasteiger partial charge >= 0.3 is 0 Å². The van der Waals surface area contributed by atoms with E-state index in [2.05, 4.69) is 67.9 Å². The Balaban J connectivity index is 1.62. The molecule has 1 saturated heterocycles. The summed E-state index contributed by atoms with van der Waals surface area (Å²) in [5.74, 6) is 0. The van der Waals surface area contributed by atoms with E-state index in [1.165, 1.54) is 40.8 Å². The molecule has 0 radical (unpaired) electrons. The Morgan fingerprint density at radius 1 is 1.19 bits per heavy atom. The van der Waals surface area contributed by atoms with Crippen molar-refractivity contribution in [2.75, 3.05) is 19.6 Å². The summed E-state index contributed by atoms with van der Waals surface area (Å²) in [7, 11) is 0. The molecule has 2 nitrogen and oxygen atoms in total. The van der Waals surface area contributed by atoms with Crippen molar-refractivity contribution in [3.63, 3.8) is 0 Å². The number of benzene rings is 1. The van der Waals surface area contributed by atoms with Gasteiger partial charge < -0.3 is 5.32 Å². The summed E-state index contributed by atoms with van der Waals surface area (Å²) in [5, 5.41) is 5.78. The average molecular weight is 365 g/mol. The van der Waals surface area contributed by atoms with E-state index in [1.54, 1.807) is 11.3 Å². The van der Waals surface area contributed by atoms with Crippen LogP contribution in [-0.2, 0) is 6.54 Å². The number of thiophene rings is 1. The number of nitrogens with zero attached hydrogens (tertiary/aromatic N) is 1. The maximum absolute atomic E-state index is 3.64. The first-order valence-electron chi connectivity index (χ1n) is 7.55. The Morgan fingerprint density at radius 2 is 1.95 bits per heavy atom. The summed E-state index contributed by atoms with van der Waals surface area (Å²) in [6.07, 6.45) is 2.67. The van der Waals surface area contributed by atoms with Crippen LogP contribution in [0.5, 0.6) is 0 Å². The zero-order chi connectivity index (χ0) is 14.5. The van der Waals surface area contributed by atoms with Crippen molar-refractivity contribution >= 4 is 27.3 Å². The molecule has 0 aliphatic carbocycles. The monoisotopic (exact) mass is 364 g/mol. The van der Waals surface area contributed by atoms with Gasteiger partial charge in [-0.05, 0) is 53.5 Å². The fraction of sp³-hybridized carbons (Fsp3) is 0.412. The molecule has 0 spiro atoms. The average Bonchev–Trinajstić information content (AvgIpc) is 3.16. The zero-order valence-electron chi connectivity index (χ0n) is 12.1. The second kappa shape index (κ2) is 7.54. The van der Waals surface area contributed by atoms with Crippen molar-refractivity contribution in [2.24, 2.45) is 0 Å². The van der Waals surface area contributed by atoms with E-state index >= 15 is 0 Å². The summed E-state index contributed by atoms with van der Waals surface area (Å²) in [4.78, 5) is 4.00. The van der Waals surface area contributed by atoms with Gasteiger partial charge in [0.25, 0.3) is 0 Å². The fourth-order valence-corrected chi connectivity index (χ4v) is 4.39. The minimum Gasteiger partial charge on any atom is -0.310 e. The van der Waals surface area contributed by atoms with E-state index in [4.69, 9.17) is 0 Å². The quantitative estimate of drug-likeness (QED) is 0.814. The molecule has 4 heteroatoms. The molecule has 2 aromatic rings. The molecule has 21 heavy (non-hydrogen) atoms. The van der Waals surface area contributed by atoms with Crippen LogP contribution in [-0.4, -0.2) is 24.5 Å². The third kappa shape index (κ3) is 4.16. The van der Waals surface area contributed by atoms with E-state index in [9.17, 15) is 0 Å². The molecule has 112 valence electrons. The number of hydrogen-bond donors (Lipinski definition) is 1. The molecule has 1 N–H and O–H groups in total. The summed E-state index contributed by atoms with van der Waals surface area (Å²) >= 11 is 5.32. The lowest BCUT2D eigenvalue weighted by molar-refractivity contribution is 0.238. The topological polar surface area (TPSA) is 15.3 Å². The Bertz CT molecular complexity index is 549. The summed E-state index contributed by atoms with van der Waals surface area (Å²) in [5.41, 5.74) is 1.43. The van der Waals surface area contributed by atoms with Gasteiger partial charge in [-0.1, -0.05) is 30.3 Å². The molecular formula is C17H21BrN2S. The lowest BCUT2D eigenvalue weighted by Crippen LogP contribution is -2.33. The van der Waals surface area contributed by atoms with Crippen LogP contribution in [0.3, 0.4) is 0 Å². The van der Waals surface area contributed by atoms with Crippen LogP contribution in [0.15, 0.2) is 46.3 Å². The van der Waals surface area contributed by atoms with E-state index in [1.807, 2.05) is 0 Å². The van der Waals surface area contributed by atoms with Gasteiger partial charge in [0, 0.05) is 33.9 Å². The molecule has 0 saturated carbocycles. The zero-order valence-corrected chi connectivity index (χ0v) is 14.5. The van der Waals surface area contributed by atoms with Gasteiger partial charge in [0.2, 0.25) is 0 Å². The Kier molecular flexibility index (Phi) is 5.47. The molecule has 1 unspecified atom stereocenters. The molecule has 1 aromatic heterocycles. The largest absolute Gasteiger partial charge is 0.310 e. The highest BCUT2D eigenvalue weighted by atomic mass is 79.9. The SMILES string of the molecule is Brc1csc(CNCC(c2ccccc2)N2CCCC2)c1. The molecule has 0 bridgehead atoms. The predicted octanol–water partition coefficient (Wildman–Crippen LogP) is 4.44. The van der Waals surface area contributed by atoms with Crippen LogP contribution in [0.1, 0.15) is 29.3 Å². The summed E-state index contributed by atoms with van der Waals surface area (Å²) < 4.78 is 1.18. The lowest BCUT2D eigenvalue weighted by atomic mass is 10.1. The van der Waals surface area contributed by atoms with Crippen molar-refractivity contribution in [1.82, 2.24) is 10.2 Å². The maximum Gasteiger partial charge on any atom is 0.0472 e. The van der Waals surface area contributed by atoms with Crippen LogP contribution in [0, 0.1) is 0 Å². The van der Waals surface area contributed by atoms with E-state index < -0.39 is 0 Å². The van der Waals surface area contributed by atoms with Crippen LogP contribution in [0.25, 0.3) is 0 Å². The van der Waals surface area contributed by atoms with Crippen LogP contribution in [0.2, 0.25) is 0 Å². The first-order chi connectivity index (χ1) is 10.3. The van der Waals surface area contributed by atoms with Gasteiger partial charge in [0.15, 0.2) is 0 Å². The maximum atomic E-state index is 3.64. The summed E-state index contributed by atoms with van der Waals surface area (Å²) in [6.45, 7) is 4.42. The molecule has 1 aliphatic rings. The number of halogens is 1. The molecular weight excluding hydrogens is 344 g/mol. The number of hydrogen-bond acceptors (Lipinski definition) is 3. The Morgan fingerprint density at radius 3 is 2.62 bits per heavy atom. The summed E-state index contributed by atoms with van der Waals surface area (Å²) in [6, 6.07) is 13.6. The highest BCUT2D eigenvalue weighted by molar-refractivity contribution is 9.10. The second-order valence-corrected chi connectivity index (χ2v) is 7.44. The minimum atomic E-state index is 0.497. The second-order valence-electron chi connectivity index (χ2n) is 5.53. The third-order valence-electron chi connectivity index (χ3n) is 4.02. The molecule has 1 aromatic carbocycles. The van der Waals surface area contributed by atoms with Crippen molar-refractivity contribution in [2.45, 2.75) is 25.4 Å². The first-order valence-corrected chi connectivity index (χ1v) is 9.23. The molecule has 1 aliphatic heterocycles. The highest BCUT2D eigenvalue weighted by Gasteiger charge is 2.22. The first kappa shape index (κ1) is 15.2. The minimum absolute atomic E-state index is 0.497. The van der Waals surface area contributed by atoms with E-state index in [-0.39, 0.29) is 0 Å². The van der Waals surface area contributed by atoms with Crippen LogP contribution < -0.4 is 5.32 Å². The standard InChI is InChI=1S/C17H21BrN2S/c18-15-10-16(21-13-15)11-19-12-17(20-8-4-5-9-20)14-6-2-1-3-7-14/h1-3,6-7,10,13,17,19H,4-5,8-9,11-12H2. The lowest BCUT2D eigenvalue weighted by Gasteiger charge is -2.28. The van der Waals surface area contributed by atoms with E-state index in [0.717, 1.165) is 13.1 Å². The van der Waals surface area contributed by atoms with E-state index in [0.29, 0.717) is 6.04 Å². The van der Waals surface area contributed by atoms with Crippen molar-refractivity contribution in [1.29, 1.82) is 0 Å². The molecule has 3 rings (SSSR count). The van der Waals surface area contributed by atoms with Gasteiger partial charge in [-0.15, -0.1) is 11.3 Å². The molecule has 2 heterocycles. The fourth-order valence-electron chi connectivity index (χ4n) is 2.96. The van der Waals surface area contributed by atoms with Crippen molar-refractivity contribution in [3.05, 3.63) is 56.7 Å². The number of rotatable bonds is 6. The predicted molar refractivity (Wildman–Crippen MR) is 93.7 cm³/mol. The normalized spacial score (nSPS) is 17.2. The molecule has 0 amide bonds. The number of nitrogens with one attached hydrogen (secondary N) is 1. The van der Waals surface area contributed by atoms with Gasteiger partial charge in [0.1, 0.15) is 0 Å². The third-order valence-corrected chi connectivity index (χ3v) is 5.72. The van der Waals surface area contributed by atoms with Gasteiger partial charge in [-0.2, -0.15) is 0 Å². The van der Waals surface area contributed by atoms with Crippen molar-refractivity contribution in [3.8, 4) is 0 Å². The number of likely N-dealkylation sites (tertiary alicyclic amines) is 1. The van der Waals surface area contributed by atoms with Crippen LogP contribution in [0.4, 0.5) is 0 Å². The highest BCUT2D eigenvalue weighted by Crippen LogP contribution is 2.25. The molecule has 1 atom stereocenters. The van der Waals surface area contributed by atoms with Crippen molar-refractivity contribution < 1.29 is 0 Å². The smallest absolute Gasteiger partial charge is 0.0472 e. The van der Waals surface area contributed by atoms with Crippen LogP contribution >= 0.6 is 27.3 Å². The Labute approximate surface area is 139 Å². The van der Waals surface area contributed by atoms with Gasteiger partial charge in [-0.3, -0.25) is 4.90 Å². The van der Waals surface area contributed by atoms with Gasteiger partial charge in [-0.25, -0.2) is 0 Å². The van der Waals surface area contributed by atoms with Gasteiger partial charge in [0.05, 0.1) is 0 Å².